The number of nitrogens with zero attached hydrogens (tertiary/aromatic N) is 1. The van der Waals surface area contributed by atoms with Crippen LogP contribution in [0, 0.1) is 6.92 Å². The molecule has 0 bridgehead atoms. The highest BCUT2D eigenvalue weighted by Gasteiger charge is 2.34. The molecule has 1 N–H and O–H groups in total. The summed E-state index contributed by atoms with van der Waals surface area (Å²) in [4.78, 5) is -0.257. The first-order chi connectivity index (χ1) is 10.7. The van der Waals surface area contributed by atoms with Crippen molar-refractivity contribution in [1.29, 1.82) is 0 Å². The fraction of sp³-hybridized carbons (Fsp3) is 0.357. The molecule has 9 heteroatoms. The maximum atomic E-state index is 12.5. The van der Waals surface area contributed by atoms with Gasteiger partial charge in [0, 0.05) is 5.92 Å². The quantitative estimate of drug-likeness (QED) is 0.917. The van der Waals surface area contributed by atoms with Crippen molar-refractivity contribution in [3.05, 3.63) is 41.3 Å². The number of hydrogen-bond donors (Lipinski definition) is 1. The van der Waals surface area contributed by atoms with Gasteiger partial charge in [0.05, 0.1) is 10.5 Å². The van der Waals surface area contributed by atoms with E-state index < -0.39 is 21.8 Å². The Bertz CT molecular complexity index is 822. The van der Waals surface area contributed by atoms with Crippen LogP contribution in [0.1, 0.15) is 35.8 Å². The van der Waals surface area contributed by atoms with Crippen LogP contribution in [0.2, 0.25) is 0 Å². The highest BCUT2D eigenvalue weighted by Crippen LogP contribution is 2.44. The summed E-state index contributed by atoms with van der Waals surface area (Å²) in [6.45, 7) is 1.60. The summed E-state index contributed by atoms with van der Waals surface area (Å²) in [5.74, 6) is 0.611. The maximum absolute atomic E-state index is 12.5. The van der Waals surface area contributed by atoms with Crippen LogP contribution in [0.25, 0.3) is 0 Å². The Hall–Kier alpha value is -2.03. The second kappa shape index (κ2) is 5.26. The SMILES string of the molecule is Cc1noc(C2CC2)c1NS(=O)(=O)c1ccc(C(F)(F)F)cc1. The number of rotatable bonds is 4. The summed E-state index contributed by atoms with van der Waals surface area (Å²) in [7, 11) is -4.01. The van der Waals surface area contributed by atoms with Crippen molar-refractivity contribution in [2.24, 2.45) is 0 Å². The first-order valence-electron chi connectivity index (χ1n) is 6.85. The number of benzene rings is 1. The molecule has 1 fully saturated rings. The fourth-order valence-electron chi connectivity index (χ4n) is 2.15. The third-order valence-electron chi connectivity index (χ3n) is 3.57. The predicted octanol–water partition coefficient (Wildman–Crippen LogP) is 3.68. The average molecular weight is 346 g/mol. The van der Waals surface area contributed by atoms with E-state index in [1.54, 1.807) is 6.92 Å². The Kier molecular flexibility index (Phi) is 3.62. The van der Waals surface area contributed by atoms with Crippen LogP contribution in [0.5, 0.6) is 0 Å². The van der Waals surface area contributed by atoms with Gasteiger partial charge >= 0.3 is 6.18 Å². The summed E-state index contributed by atoms with van der Waals surface area (Å²) in [6.07, 6.45) is -2.73. The number of sulfonamides is 1. The van der Waals surface area contributed by atoms with Crippen LogP contribution in [-0.2, 0) is 16.2 Å². The molecule has 0 unspecified atom stereocenters. The molecule has 1 heterocycles. The van der Waals surface area contributed by atoms with Crippen LogP contribution in [0.4, 0.5) is 18.9 Å². The standard InChI is InChI=1S/C14H13F3N2O3S/c1-8-12(13(22-18-8)9-2-3-9)19-23(20,21)11-6-4-10(5-7-11)14(15,16)17/h4-7,9,19H,2-3H2,1H3. The molecule has 5 nitrogen and oxygen atoms in total. The van der Waals surface area contributed by atoms with Gasteiger partial charge in [-0.15, -0.1) is 0 Å². The van der Waals surface area contributed by atoms with Crippen molar-refractivity contribution in [2.75, 3.05) is 4.72 Å². The Morgan fingerprint density at radius 3 is 2.35 bits per heavy atom. The van der Waals surface area contributed by atoms with Crippen molar-refractivity contribution in [1.82, 2.24) is 5.16 Å². The minimum atomic E-state index is -4.51. The number of hydrogen-bond acceptors (Lipinski definition) is 4. The lowest BCUT2D eigenvalue weighted by molar-refractivity contribution is -0.137. The van der Waals surface area contributed by atoms with Crippen LogP contribution in [0.3, 0.4) is 0 Å². The molecule has 0 atom stereocenters. The van der Waals surface area contributed by atoms with Gasteiger partial charge in [0.1, 0.15) is 11.4 Å². The molecule has 0 radical (unpaired) electrons. The molecule has 1 aliphatic rings. The first kappa shape index (κ1) is 15.9. The number of anilines is 1. The lowest BCUT2D eigenvalue weighted by Crippen LogP contribution is -2.15. The third-order valence-corrected chi connectivity index (χ3v) is 4.93. The Morgan fingerprint density at radius 2 is 1.83 bits per heavy atom. The minimum Gasteiger partial charge on any atom is -0.359 e. The van der Waals surface area contributed by atoms with Gasteiger partial charge in [0.25, 0.3) is 10.0 Å². The second-order valence-corrected chi connectivity index (χ2v) is 7.09. The van der Waals surface area contributed by atoms with Gasteiger partial charge in [0.15, 0.2) is 5.76 Å². The molecule has 3 rings (SSSR count). The van der Waals surface area contributed by atoms with Crippen LogP contribution in [0.15, 0.2) is 33.7 Å². The predicted molar refractivity (Wildman–Crippen MR) is 75.5 cm³/mol. The second-order valence-electron chi connectivity index (χ2n) is 5.41. The van der Waals surface area contributed by atoms with E-state index >= 15 is 0 Å². The van der Waals surface area contributed by atoms with Gasteiger partial charge in [-0.05, 0) is 44.0 Å². The van der Waals surface area contributed by atoms with Crippen molar-refractivity contribution in [2.45, 2.75) is 36.8 Å². The van der Waals surface area contributed by atoms with E-state index in [4.69, 9.17) is 4.52 Å². The number of nitrogens with one attached hydrogen (secondary N) is 1. The normalized spacial score (nSPS) is 15.7. The average Bonchev–Trinajstić information content (AvgIpc) is 3.25. The van der Waals surface area contributed by atoms with Gasteiger partial charge in [-0.2, -0.15) is 13.2 Å². The van der Waals surface area contributed by atoms with Gasteiger partial charge in [-0.3, -0.25) is 4.72 Å². The van der Waals surface area contributed by atoms with Crippen molar-refractivity contribution in [3.8, 4) is 0 Å². The van der Waals surface area contributed by atoms with Crippen LogP contribution >= 0.6 is 0 Å². The van der Waals surface area contributed by atoms with E-state index in [1.807, 2.05) is 0 Å². The molecule has 1 aromatic heterocycles. The highest BCUT2D eigenvalue weighted by molar-refractivity contribution is 7.92. The van der Waals surface area contributed by atoms with Crippen molar-refractivity contribution in [3.63, 3.8) is 0 Å². The molecule has 1 aromatic carbocycles. The minimum absolute atomic E-state index is 0.140. The van der Waals surface area contributed by atoms with Crippen LogP contribution < -0.4 is 4.72 Å². The monoisotopic (exact) mass is 346 g/mol. The third kappa shape index (κ3) is 3.19. The zero-order valence-electron chi connectivity index (χ0n) is 12.0. The van der Waals surface area contributed by atoms with Gasteiger partial charge < -0.3 is 4.52 Å². The van der Waals surface area contributed by atoms with Gasteiger partial charge in [0.2, 0.25) is 0 Å². The molecule has 0 aliphatic heterocycles. The first-order valence-corrected chi connectivity index (χ1v) is 8.33. The fourth-order valence-corrected chi connectivity index (χ4v) is 3.28. The lowest BCUT2D eigenvalue weighted by atomic mass is 10.2. The van der Waals surface area contributed by atoms with E-state index in [0.717, 1.165) is 37.1 Å². The maximum Gasteiger partial charge on any atom is 0.416 e. The number of alkyl halides is 3. The van der Waals surface area contributed by atoms with E-state index in [0.29, 0.717) is 11.5 Å². The molecule has 124 valence electrons. The molecule has 23 heavy (non-hydrogen) atoms. The zero-order chi connectivity index (χ0) is 16.8. The molecule has 2 aromatic rings. The largest absolute Gasteiger partial charge is 0.416 e. The summed E-state index contributed by atoms with van der Waals surface area (Å²) in [5.41, 5.74) is -0.244. The van der Waals surface area contributed by atoms with Gasteiger partial charge in [-0.25, -0.2) is 8.42 Å². The topological polar surface area (TPSA) is 72.2 Å². The smallest absolute Gasteiger partial charge is 0.359 e. The molecule has 1 saturated carbocycles. The zero-order valence-corrected chi connectivity index (χ0v) is 12.8. The molecule has 0 spiro atoms. The van der Waals surface area contributed by atoms with E-state index in [9.17, 15) is 21.6 Å². The van der Waals surface area contributed by atoms with Crippen LogP contribution in [-0.4, -0.2) is 13.6 Å². The van der Waals surface area contributed by atoms with Gasteiger partial charge in [-0.1, -0.05) is 5.16 Å². The molecular weight excluding hydrogens is 333 g/mol. The molecule has 0 amide bonds. The number of aromatic nitrogens is 1. The lowest BCUT2D eigenvalue weighted by Gasteiger charge is -2.10. The van der Waals surface area contributed by atoms with Crippen molar-refractivity contribution < 1.29 is 26.1 Å². The Morgan fingerprint density at radius 1 is 1.22 bits per heavy atom. The Labute approximate surface area is 130 Å². The summed E-state index contributed by atoms with van der Waals surface area (Å²) >= 11 is 0. The van der Waals surface area contributed by atoms with E-state index in [2.05, 4.69) is 9.88 Å². The summed E-state index contributed by atoms with van der Waals surface area (Å²) in [5, 5.41) is 3.75. The molecule has 0 saturated heterocycles. The number of aryl methyl sites for hydroxylation is 1. The number of halogens is 3. The summed E-state index contributed by atoms with van der Waals surface area (Å²) < 4.78 is 69.8. The van der Waals surface area contributed by atoms with E-state index in [-0.39, 0.29) is 16.5 Å². The molecular formula is C14H13F3N2O3S. The molecule has 1 aliphatic carbocycles. The van der Waals surface area contributed by atoms with E-state index in [1.165, 1.54) is 0 Å². The van der Waals surface area contributed by atoms with Crippen molar-refractivity contribution >= 4 is 15.7 Å². The Balaban J connectivity index is 1.89. The summed E-state index contributed by atoms with van der Waals surface area (Å²) in [6, 6.07) is 3.31. The highest BCUT2D eigenvalue weighted by atomic mass is 32.2.